The van der Waals surface area contributed by atoms with Crippen molar-refractivity contribution in [1.29, 1.82) is 0 Å². The van der Waals surface area contributed by atoms with E-state index in [1.165, 1.54) is 6.07 Å². The molecule has 0 bridgehead atoms. The number of nitrogens with zero attached hydrogens (tertiary/aromatic N) is 4. The Morgan fingerprint density at radius 1 is 1.39 bits per heavy atom. The molecule has 0 spiro atoms. The Bertz CT molecular complexity index is 682. The molecule has 0 unspecified atom stereocenters. The molecule has 1 aliphatic heterocycles. The van der Waals surface area contributed by atoms with Crippen LogP contribution in [0.25, 0.3) is 0 Å². The van der Waals surface area contributed by atoms with Crippen LogP contribution in [0.2, 0.25) is 0 Å². The third kappa shape index (κ3) is 3.73. The van der Waals surface area contributed by atoms with Crippen LogP contribution in [0.3, 0.4) is 0 Å². The molecule has 7 heteroatoms. The number of aromatic nitrogens is 3. The van der Waals surface area contributed by atoms with Gasteiger partial charge in [0, 0.05) is 38.5 Å². The summed E-state index contributed by atoms with van der Waals surface area (Å²) in [4.78, 5) is 13.8. The smallest absolute Gasteiger partial charge is 0.223 e. The van der Waals surface area contributed by atoms with Crippen molar-refractivity contribution in [1.82, 2.24) is 19.7 Å². The second-order valence-corrected chi connectivity index (χ2v) is 5.68. The number of hydrogen-bond acceptors (Lipinski definition) is 4. The van der Waals surface area contributed by atoms with Crippen LogP contribution >= 0.6 is 0 Å². The van der Waals surface area contributed by atoms with E-state index in [2.05, 4.69) is 10.2 Å². The Morgan fingerprint density at radius 3 is 2.87 bits per heavy atom. The van der Waals surface area contributed by atoms with E-state index >= 15 is 0 Å². The lowest BCUT2D eigenvalue weighted by Crippen LogP contribution is -2.54. The van der Waals surface area contributed by atoms with Gasteiger partial charge >= 0.3 is 0 Å². The summed E-state index contributed by atoms with van der Waals surface area (Å²) < 4.78 is 20.9. The minimum atomic E-state index is -0.261. The van der Waals surface area contributed by atoms with Gasteiger partial charge in [-0.3, -0.25) is 4.79 Å². The molecular weight excluding hydrogens is 299 g/mol. The van der Waals surface area contributed by atoms with Gasteiger partial charge in [-0.05, 0) is 6.07 Å². The molecule has 23 heavy (non-hydrogen) atoms. The SMILES string of the molecule is Cn1cnnc1CCC(=O)N1CC(OCc2ccccc2F)C1. The van der Waals surface area contributed by atoms with Crippen LogP contribution in [-0.4, -0.2) is 44.8 Å². The standard InChI is InChI=1S/C16H19FN4O2/c1-20-11-18-19-15(20)6-7-16(22)21-8-13(9-21)23-10-12-4-2-3-5-14(12)17/h2-5,11,13H,6-10H2,1H3. The molecule has 1 fully saturated rings. The van der Waals surface area contributed by atoms with Gasteiger partial charge in [0.05, 0.1) is 12.7 Å². The Morgan fingerprint density at radius 2 is 2.17 bits per heavy atom. The normalized spacial score (nSPS) is 14.8. The lowest BCUT2D eigenvalue weighted by Gasteiger charge is -2.39. The first-order valence-electron chi connectivity index (χ1n) is 7.59. The molecule has 0 aliphatic carbocycles. The summed E-state index contributed by atoms with van der Waals surface area (Å²) in [5.74, 6) is 0.619. The first-order valence-corrected chi connectivity index (χ1v) is 7.59. The maximum Gasteiger partial charge on any atom is 0.223 e. The molecule has 0 saturated carbocycles. The summed E-state index contributed by atoms with van der Waals surface area (Å²) >= 11 is 0. The maximum atomic E-state index is 13.5. The largest absolute Gasteiger partial charge is 0.370 e. The molecule has 2 heterocycles. The van der Waals surface area contributed by atoms with Gasteiger partial charge < -0.3 is 14.2 Å². The summed E-state index contributed by atoms with van der Waals surface area (Å²) in [6, 6.07) is 6.56. The molecule has 1 amide bonds. The average Bonchev–Trinajstić information content (AvgIpc) is 2.90. The second kappa shape index (κ2) is 6.87. The van der Waals surface area contributed by atoms with Gasteiger partial charge in [0.25, 0.3) is 0 Å². The predicted octanol–water partition coefficient (Wildman–Crippen LogP) is 1.31. The summed E-state index contributed by atoms with van der Waals surface area (Å²) in [6.07, 6.45) is 2.59. The molecule has 6 nitrogen and oxygen atoms in total. The fourth-order valence-corrected chi connectivity index (χ4v) is 2.48. The topological polar surface area (TPSA) is 60.2 Å². The van der Waals surface area contributed by atoms with Crippen LogP contribution in [0.4, 0.5) is 4.39 Å². The Labute approximate surface area is 133 Å². The van der Waals surface area contributed by atoms with E-state index in [1.54, 1.807) is 29.4 Å². The monoisotopic (exact) mass is 318 g/mol. The van der Waals surface area contributed by atoms with Crippen LogP contribution in [0, 0.1) is 5.82 Å². The molecule has 3 rings (SSSR count). The minimum absolute atomic E-state index is 0.0200. The zero-order valence-corrected chi connectivity index (χ0v) is 13.0. The number of ether oxygens (including phenoxy) is 1. The zero-order valence-electron chi connectivity index (χ0n) is 13.0. The van der Waals surface area contributed by atoms with Crippen LogP contribution in [-0.2, 0) is 29.6 Å². The van der Waals surface area contributed by atoms with Gasteiger partial charge in [-0.25, -0.2) is 4.39 Å². The average molecular weight is 318 g/mol. The number of aryl methyl sites for hydroxylation is 2. The van der Waals surface area contributed by atoms with Crippen LogP contribution in [0.15, 0.2) is 30.6 Å². The quantitative estimate of drug-likeness (QED) is 0.806. The van der Waals surface area contributed by atoms with E-state index in [9.17, 15) is 9.18 Å². The molecule has 1 aliphatic rings. The molecule has 0 N–H and O–H groups in total. The molecular formula is C16H19FN4O2. The van der Waals surface area contributed by atoms with Crippen molar-refractivity contribution in [2.75, 3.05) is 13.1 Å². The summed E-state index contributed by atoms with van der Waals surface area (Å²) in [5, 5.41) is 7.75. The fourth-order valence-electron chi connectivity index (χ4n) is 2.48. The third-order valence-corrected chi connectivity index (χ3v) is 4.00. The highest BCUT2D eigenvalue weighted by Crippen LogP contribution is 2.17. The minimum Gasteiger partial charge on any atom is -0.370 e. The summed E-state index contributed by atoms with van der Waals surface area (Å²) in [7, 11) is 1.86. The van der Waals surface area contributed by atoms with Crippen molar-refractivity contribution in [3.63, 3.8) is 0 Å². The first-order chi connectivity index (χ1) is 11.1. The molecule has 1 saturated heterocycles. The number of halogens is 1. The van der Waals surface area contributed by atoms with Crippen LogP contribution in [0.5, 0.6) is 0 Å². The number of carbonyl (C=O) groups excluding carboxylic acids is 1. The Hall–Kier alpha value is -2.28. The number of carbonyl (C=O) groups is 1. The highest BCUT2D eigenvalue weighted by atomic mass is 19.1. The Balaban J connectivity index is 1.38. The van der Waals surface area contributed by atoms with E-state index in [1.807, 2.05) is 11.6 Å². The number of rotatable bonds is 6. The highest BCUT2D eigenvalue weighted by Gasteiger charge is 2.31. The number of likely N-dealkylation sites (tertiary alicyclic amines) is 1. The first kappa shape index (κ1) is 15.6. The van der Waals surface area contributed by atoms with Gasteiger partial charge in [-0.15, -0.1) is 10.2 Å². The van der Waals surface area contributed by atoms with Crippen molar-refractivity contribution in [3.05, 3.63) is 47.8 Å². The van der Waals surface area contributed by atoms with E-state index in [0.717, 1.165) is 5.82 Å². The number of benzene rings is 1. The van der Waals surface area contributed by atoms with Crippen molar-refractivity contribution in [3.8, 4) is 0 Å². The van der Waals surface area contributed by atoms with Gasteiger partial charge in [0.2, 0.25) is 5.91 Å². The summed E-state index contributed by atoms with van der Waals surface area (Å²) in [6.45, 7) is 1.36. The van der Waals surface area contributed by atoms with Gasteiger partial charge in [-0.1, -0.05) is 18.2 Å². The van der Waals surface area contributed by atoms with E-state index in [4.69, 9.17) is 4.74 Å². The van der Waals surface area contributed by atoms with Crippen molar-refractivity contribution >= 4 is 5.91 Å². The number of amides is 1. The Kier molecular flexibility index (Phi) is 4.66. The lowest BCUT2D eigenvalue weighted by atomic mass is 10.1. The second-order valence-electron chi connectivity index (χ2n) is 5.68. The molecule has 0 atom stereocenters. The van der Waals surface area contributed by atoms with Crippen molar-refractivity contribution in [2.45, 2.75) is 25.6 Å². The van der Waals surface area contributed by atoms with Gasteiger partial charge in [0.15, 0.2) is 0 Å². The molecule has 1 aromatic heterocycles. The van der Waals surface area contributed by atoms with Crippen molar-refractivity contribution in [2.24, 2.45) is 7.05 Å². The van der Waals surface area contributed by atoms with Crippen LogP contribution < -0.4 is 0 Å². The van der Waals surface area contributed by atoms with Crippen LogP contribution in [0.1, 0.15) is 17.8 Å². The van der Waals surface area contributed by atoms with E-state index in [0.29, 0.717) is 31.5 Å². The van der Waals surface area contributed by atoms with Gasteiger partial charge in [-0.2, -0.15) is 0 Å². The van der Waals surface area contributed by atoms with E-state index in [-0.39, 0.29) is 24.4 Å². The number of hydrogen-bond donors (Lipinski definition) is 0. The van der Waals surface area contributed by atoms with Gasteiger partial charge in [0.1, 0.15) is 18.0 Å². The van der Waals surface area contributed by atoms with E-state index < -0.39 is 0 Å². The highest BCUT2D eigenvalue weighted by molar-refractivity contribution is 5.77. The third-order valence-electron chi connectivity index (χ3n) is 4.00. The zero-order chi connectivity index (χ0) is 16.2. The molecule has 2 aromatic rings. The maximum absolute atomic E-state index is 13.5. The molecule has 122 valence electrons. The molecule has 0 radical (unpaired) electrons. The lowest BCUT2D eigenvalue weighted by molar-refractivity contribution is -0.145. The summed E-state index contributed by atoms with van der Waals surface area (Å²) in [5.41, 5.74) is 0.541. The predicted molar refractivity (Wildman–Crippen MR) is 80.9 cm³/mol. The molecule has 1 aromatic carbocycles. The fraction of sp³-hybridized carbons (Fsp3) is 0.438. The van der Waals surface area contributed by atoms with Crippen molar-refractivity contribution < 1.29 is 13.9 Å².